The third-order valence-corrected chi connectivity index (χ3v) is 2.00. The van der Waals surface area contributed by atoms with Gasteiger partial charge in [-0.1, -0.05) is 18.2 Å². The van der Waals surface area contributed by atoms with Gasteiger partial charge in [-0.25, -0.2) is 0 Å². The molecule has 0 fully saturated rings. The van der Waals surface area contributed by atoms with Crippen LogP contribution in [0.5, 0.6) is 0 Å². The molecule has 2 aromatic rings. The lowest BCUT2D eigenvalue weighted by Gasteiger charge is -2.05. The van der Waals surface area contributed by atoms with Crippen LogP contribution in [0.3, 0.4) is 0 Å². The molecule has 0 aliphatic heterocycles. The Hall–Kier alpha value is -1.35. The van der Waals surface area contributed by atoms with Gasteiger partial charge in [0, 0.05) is 11.4 Å². The molecule has 12 heavy (non-hydrogen) atoms. The lowest BCUT2D eigenvalue weighted by Crippen LogP contribution is -2.05. The van der Waals surface area contributed by atoms with E-state index in [9.17, 15) is 0 Å². The van der Waals surface area contributed by atoms with Gasteiger partial charge in [0.2, 0.25) is 0 Å². The molecule has 0 bridgehead atoms. The number of nitrogens with two attached hydrogens (primary N) is 1. The minimum atomic E-state index is 0.0501. The summed E-state index contributed by atoms with van der Waals surface area (Å²) in [6.07, 6.45) is 1.81. The number of aromatic nitrogens is 2. The Kier molecular flexibility index (Phi) is 1.59. The van der Waals surface area contributed by atoms with Gasteiger partial charge < -0.3 is 5.73 Å². The molecule has 2 rings (SSSR count). The minimum absolute atomic E-state index is 0.0501. The molecule has 1 aromatic carbocycles. The van der Waals surface area contributed by atoms with Crippen LogP contribution in [0.15, 0.2) is 24.4 Å². The molecule has 1 heterocycles. The number of aromatic amines is 1. The molecule has 1 aromatic heterocycles. The highest BCUT2D eigenvalue weighted by molar-refractivity contribution is 5.81. The highest BCUT2D eigenvalue weighted by atomic mass is 15.1. The monoisotopic (exact) mass is 161 g/mol. The summed E-state index contributed by atoms with van der Waals surface area (Å²) in [6, 6.07) is 6.08. The summed E-state index contributed by atoms with van der Waals surface area (Å²) in [7, 11) is 0. The molecular weight excluding hydrogens is 150 g/mol. The third-order valence-electron chi connectivity index (χ3n) is 2.00. The molecule has 0 radical (unpaired) electrons. The molecule has 0 saturated carbocycles. The summed E-state index contributed by atoms with van der Waals surface area (Å²) < 4.78 is 0. The van der Waals surface area contributed by atoms with Gasteiger partial charge in [-0.15, -0.1) is 0 Å². The number of rotatable bonds is 1. The number of H-pyrrole nitrogens is 1. The number of fused-ring (bicyclic) bond motifs is 1. The van der Waals surface area contributed by atoms with Crippen LogP contribution in [0, 0.1) is 0 Å². The van der Waals surface area contributed by atoms with Crippen molar-refractivity contribution in [2.24, 2.45) is 5.73 Å². The molecule has 3 heteroatoms. The predicted molar refractivity (Wildman–Crippen MR) is 48.7 cm³/mol. The lowest BCUT2D eigenvalue weighted by atomic mass is 10.1. The second-order valence-electron chi connectivity index (χ2n) is 2.97. The number of hydrogen-bond acceptors (Lipinski definition) is 2. The van der Waals surface area contributed by atoms with Crippen molar-refractivity contribution in [1.82, 2.24) is 10.2 Å². The smallest absolute Gasteiger partial charge is 0.0697 e. The number of nitrogens with zero attached hydrogens (tertiary/aromatic N) is 1. The van der Waals surface area contributed by atoms with E-state index in [0.29, 0.717) is 0 Å². The maximum Gasteiger partial charge on any atom is 0.0697 e. The summed E-state index contributed by atoms with van der Waals surface area (Å²) in [5.41, 5.74) is 7.96. The number of para-hydroxylation sites is 1. The van der Waals surface area contributed by atoms with E-state index < -0.39 is 0 Å². The molecule has 0 aliphatic rings. The van der Waals surface area contributed by atoms with Crippen molar-refractivity contribution in [2.45, 2.75) is 13.0 Å². The Labute approximate surface area is 70.6 Å². The Bertz CT molecular complexity index is 389. The zero-order chi connectivity index (χ0) is 8.55. The number of benzene rings is 1. The fourth-order valence-corrected chi connectivity index (χ4v) is 1.37. The van der Waals surface area contributed by atoms with Crippen LogP contribution in [0.4, 0.5) is 0 Å². The van der Waals surface area contributed by atoms with Crippen LogP contribution in [0.2, 0.25) is 0 Å². The van der Waals surface area contributed by atoms with Crippen molar-refractivity contribution >= 4 is 10.9 Å². The number of nitrogens with one attached hydrogen (secondary N) is 1. The van der Waals surface area contributed by atoms with Gasteiger partial charge in [-0.2, -0.15) is 5.10 Å². The van der Waals surface area contributed by atoms with E-state index in [1.807, 2.05) is 25.1 Å². The second-order valence-corrected chi connectivity index (χ2v) is 2.97. The first-order chi connectivity index (χ1) is 5.79. The summed E-state index contributed by atoms with van der Waals surface area (Å²) in [5, 5.41) is 8.02. The van der Waals surface area contributed by atoms with E-state index in [1.165, 1.54) is 0 Å². The van der Waals surface area contributed by atoms with Crippen molar-refractivity contribution in [3.8, 4) is 0 Å². The second kappa shape index (κ2) is 2.60. The van der Waals surface area contributed by atoms with E-state index in [0.717, 1.165) is 16.5 Å². The van der Waals surface area contributed by atoms with E-state index in [2.05, 4.69) is 10.2 Å². The molecule has 0 spiro atoms. The highest BCUT2D eigenvalue weighted by Gasteiger charge is 2.05. The van der Waals surface area contributed by atoms with Crippen LogP contribution < -0.4 is 5.73 Å². The molecule has 0 aliphatic carbocycles. The Morgan fingerprint density at radius 1 is 1.50 bits per heavy atom. The highest BCUT2D eigenvalue weighted by Crippen LogP contribution is 2.19. The standard InChI is InChI=1S/C9H11N3/c1-6(10)8-4-2-3-7-5-11-12-9(7)8/h2-6H,10H2,1H3,(H,11,12)/t6-/m1/s1. The van der Waals surface area contributed by atoms with Crippen LogP contribution in [-0.4, -0.2) is 10.2 Å². The molecular formula is C9H11N3. The summed E-state index contributed by atoms with van der Waals surface area (Å²) in [6.45, 7) is 1.97. The quantitative estimate of drug-likeness (QED) is 0.667. The molecule has 0 saturated heterocycles. The van der Waals surface area contributed by atoms with Crippen molar-refractivity contribution in [1.29, 1.82) is 0 Å². The molecule has 1 atom stereocenters. The van der Waals surface area contributed by atoms with E-state index >= 15 is 0 Å². The fraction of sp³-hybridized carbons (Fsp3) is 0.222. The van der Waals surface area contributed by atoms with Crippen molar-refractivity contribution in [3.05, 3.63) is 30.0 Å². The van der Waals surface area contributed by atoms with Crippen LogP contribution in [0.25, 0.3) is 10.9 Å². The van der Waals surface area contributed by atoms with Gasteiger partial charge in [-0.3, -0.25) is 5.10 Å². The topological polar surface area (TPSA) is 54.7 Å². The molecule has 0 amide bonds. The largest absolute Gasteiger partial charge is 0.324 e. The first kappa shape index (κ1) is 7.31. The minimum Gasteiger partial charge on any atom is -0.324 e. The van der Waals surface area contributed by atoms with Gasteiger partial charge in [0.25, 0.3) is 0 Å². The Balaban J connectivity index is 2.73. The van der Waals surface area contributed by atoms with Gasteiger partial charge in [0.15, 0.2) is 0 Å². The lowest BCUT2D eigenvalue weighted by molar-refractivity contribution is 0.823. The summed E-state index contributed by atoms with van der Waals surface area (Å²) in [4.78, 5) is 0. The molecule has 3 nitrogen and oxygen atoms in total. The maximum atomic E-state index is 5.79. The van der Waals surface area contributed by atoms with Crippen LogP contribution >= 0.6 is 0 Å². The van der Waals surface area contributed by atoms with Gasteiger partial charge >= 0.3 is 0 Å². The maximum absolute atomic E-state index is 5.79. The summed E-state index contributed by atoms with van der Waals surface area (Å²) >= 11 is 0. The van der Waals surface area contributed by atoms with Gasteiger partial charge in [0.1, 0.15) is 0 Å². The van der Waals surface area contributed by atoms with Gasteiger partial charge in [0.05, 0.1) is 11.7 Å². The third kappa shape index (κ3) is 0.987. The summed E-state index contributed by atoms with van der Waals surface area (Å²) in [5.74, 6) is 0. The normalized spacial score (nSPS) is 13.5. The molecule has 62 valence electrons. The van der Waals surface area contributed by atoms with E-state index in [4.69, 9.17) is 5.73 Å². The average molecular weight is 161 g/mol. The predicted octanol–water partition coefficient (Wildman–Crippen LogP) is 1.58. The van der Waals surface area contributed by atoms with Gasteiger partial charge in [-0.05, 0) is 12.5 Å². The first-order valence-electron chi connectivity index (χ1n) is 3.96. The molecule has 0 unspecified atom stereocenters. The zero-order valence-corrected chi connectivity index (χ0v) is 6.91. The van der Waals surface area contributed by atoms with Crippen LogP contribution in [0.1, 0.15) is 18.5 Å². The fourth-order valence-electron chi connectivity index (χ4n) is 1.37. The molecule has 3 N–H and O–H groups in total. The first-order valence-corrected chi connectivity index (χ1v) is 3.96. The van der Waals surface area contributed by atoms with E-state index in [1.54, 1.807) is 6.20 Å². The average Bonchev–Trinajstić information content (AvgIpc) is 2.49. The van der Waals surface area contributed by atoms with Crippen LogP contribution in [-0.2, 0) is 0 Å². The zero-order valence-electron chi connectivity index (χ0n) is 6.91. The SMILES string of the molecule is C[C@@H](N)c1cccc2cn[nH]c12. The Morgan fingerprint density at radius 3 is 3.08 bits per heavy atom. The van der Waals surface area contributed by atoms with Crippen molar-refractivity contribution in [2.75, 3.05) is 0 Å². The Morgan fingerprint density at radius 2 is 2.33 bits per heavy atom. The number of hydrogen-bond donors (Lipinski definition) is 2. The van der Waals surface area contributed by atoms with Crippen molar-refractivity contribution in [3.63, 3.8) is 0 Å². The van der Waals surface area contributed by atoms with E-state index in [-0.39, 0.29) is 6.04 Å². The van der Waals surface area contributed by atoms with Crippen molar-refractivity contribution < 1.29 is 0 Å².